The van der Waals surface area contributed by atoms with E-state index >= 15 is 0 Å². The fourth-order valence-electron chi connectivity index (χ4n) is 3.48. The highest BCUT2D eigenvalue weighted by molar-refractivity contribution is 6.01. The van der Waals surface area contributed by atoms with E-state index in [4.69, 9.17) is 4.74 Å². The van der Waals surface area contributed by atoms with Crippen LogP contribution in [0, 0.1) is 11.7 Å². The van der Waals surface area contributed by atoms with Gasteiger partial charge in [0.05, 0.1) is 25.3 Å². The summed E-state index contributed by atoms with van der Waals surface area (Å²) in [6.07, 6.45) is 1.26. The quantitative estimate of drug-likeness (QED) is 0.595. The second-order valence-electron chi connectivity index (χ2n) is 6.99. The van der Waals surface area contributed by atoms with Crippen molar-refractivity contribution in [1.82, 2.24) is 4.90 Å². The number of piperidine rings is 1. The average molecular weight is 414 g/mol. The predicted molar refractivity (Wildman–Crippen MR) is 108 cm³/mol. The minimum atomic E-state index is -0.514. The highest BCUT2D eigenvalue weighted by atomic mass is 19.1. The van der Waals surface area contributed by atoms with Crippen molar-refractivity contribution in [3.63, 3.8) is 0 Å². The number of hydrogen-bond acceptors (Lipinski definition) is 5. The minimum absolute atomic E-state index is 0.183. The molecule has 1 aliphatic heterocycles. The molecule has 7 nitrogen and oxygen atoms in total. The molecular formula is C22H23FN2O5. The highest BCUT2D eigenvalue weighted by Gasteiger charge is 2.30. The molecule has 158 valence electrons. The van der Waals surface area contributed by atoms with Crippen LogP contribution < -0.4 is 10.1 Å². The molecule has 0 saturated carbocycles. The zero-order chi connectivity index (χ0) is 21.7. The van der Waals surface area contributed by atoms with E-state index in [1.807, 2.05) is 0 Å². The van der Waals surface area contributed by atoms with E-state index in [1.54, 1.807) is 29.2 Å². The molecule has 2 amide bonds. The Kier molecular flexibility index (Phi) is 6.66. The van der Waals surface area contributed by atoms with Gasteiger partial charge in [-0.2, -0.15) is 0 Å². The Morgan fingerprint density at radius 3 is 2.50 bits per heavy atom. The van der Waals surface area contributed by atoms with Crippen LogP contribution in [0.3, 0.4) is 0 Å². The second-order valence-corrected chi connectivity index (χ2v) is 6.99. The van der Waals surface area contributed by atoms with Crippen LogP contribution in [0.2, 0.25) is 0 Å². The number of amides is 2. The van der Waals surface area contributed by atoms with Crippen molar-refractivity contribution >= 4 is 23.5 Å². The van der Waals surface area contributed by atoms with Gasteiger partial charge in [-0.15, -0.1) is 0 Å². The summed E-state index contributed by atoms with van der Waals surface area (Å²) in [4.78, 5) is 38.6. The van der Waals surface area contributed by atoms with E-state index in [9.17, 15) is 18.8 Å². The van der Waals surface area contributed by atoms with Gasteiger partial charge in [0.1, 0.15) is 11.6 Å². The van der Waals surface area contributed by atoms with Gasteiger partial charge in [0.2, 0.25) is 0 Å². The fourth-order valence-corrected chi connectivity index (χ4v) is 3.48. The molecule has 0 aromatic heterocycles. The molecule has 2 aromatic rings. The Morgan fingerprint density at radius 1 is 1.10 bits per heavy atom. The lowest BCUT2D eigenvalue weighted by Crippen LogP contribution is -2.44. The summed E-state index contributed by atoms with van der Waals surface area (Å²) in [6, 6.07) is 9.81. The van der Waals surface area contributed by atoms with Gasteiger partial charge in [0.25, 0.3) is 0 Å². The van der Waals surface area contributed by atoms with Crippen LogP contribution in [0.5, 0.6) is 5.75 Å². The number of Topliss-reactive ketones (excluding diaryl/α,β-unsaturated/α-hetero) is 1. The van der Waals surface area contributed by atoms with Crippen LogP contribution in [0.1, 0.15) is 33.6 Å². The number of anilines is 1. The Morgan fingerprint density at radius 2 is 1.83 bits per heavy atom. The minimum Gasteiger partial charge on any atom is -0.496 e. The first-order valence-electron chi connectivity index (χ1n) is 9.55. The first-order valence-corrected chi connectivity index (χ1v) is 9.55. The molecule has 0 spiro atoms. The van der Waals surface area contributed by atoms with E-state index in [2.05, 4.69) is 10.1 Å². The third-order valence-electron chi connectivity index (χ3n) is 5.06. The number of carbonyl (C=O) groups excluding carboxylic acids is 3. The van der Waals surface area contributed by atoms with Crippen molar-refractivity contribution in [3.8, 4) is 5.75 Å². The number of nitrogens with zero attached hydrogens (tertiary/aromatic N) is 1. The van der Waals surface area contributed by atoms with Crippen molar-refractivity contribution in [2.24, 2.45) is 5.92 Å². The summed E-state index contributed by atoms with van der Waals surface area (Å²) in [5.74, 6) is -1.35. The molecule has 1 atom stereocenters. The molecule has 1 fully saturated rings. The van der Waals surface area contributed by atoms with E-state index in [0.29, 0.717) is 36.4 Å². The summed E-state index contributed by atoms with van der Waals surface area (Å²) in [7, 11) is 2.72. The number of urea groups is 1. The van der Waals surface area contributed by atoms with Crippen molar-refractivity contribution in [2.45, 2.75) is 12.8 Å². The van der Waals surface area contributed by atoms with Gasteiger partial charge in [-0.05, 0) is 55.3 Å². The Hall–Kier alpha value is -3.42. The number of methoxy groups -OCH3 is 2. The molecule has 2 aromatic carbocycles. The molecule has 0 radical (unpaired) electrons. The summed E-state index contributed by atoms with van der Waals surface area (Å²) < 4.78 is 23.5. The summed E-state index contributed by atoms with van der Waals surface area (Å²) in [5, 5.41) is 2.77. The van der Waals surface area contributed by atoms with Crippen LogP contribution in [-0.2, 0) is 4.74 Å². The molecule has 0 aliphatic carbocycles. The second kappa shape index (κ2) is 9.39. The van der Waals surface area contributed by atoms with Gasteiger partial charge < -0.3 is 19.7 Å². The van der Waals surface area contributed by atoms with E-state index in [0.717, 1.165) is 0 Å². The van der Waals surface area contributed by atoms with E-state index in [1.165, 1.54) is 32.4 Å². The van der Waals surface area contributed by atoms with Crippen LogP contribution >= 0.6 is 0 Å². The zero-order valence-corrected chi connectivity index (χ0v) is 16.8. The monoisotopic (exact) mass is 414 g/mol. The van der Waals surface area contributed by atoms with Crippen LogP contribution in [0.4, 0.5) is 14.9 Å². The number of likely N-dealkylation sites (tertiary alicyclic amines) is 1. The Bertz CT molecular complexity index is 945. The van der Waals surface area contributed by atoms with Crippen LogP contribution in [0.25, 0.3) is 0 Å². The lowest BCUT2D eigenvalue weighted by atomic mass is 9.89. The summed E-state index contributed by atoms with van der Waals surface area (Å²) >= 11 is 0. The topological polar surface area (TPSA) is 84.9 Å². The summed E-state index contributed by atoms with van der Waals surface area (Å²) in [6.45, 7) is 0.737. The lowest BCUT2D eigenvalue weighted by Gasteiger charge is -2.32. The van der Waals surface area contributed by atoms with Gasteiger partial charge in [0, 0.05) is 24.7 Å². The van der Waals surface area contributed by atoms with E-state index < -0.39 is 17.7 Å². The molecule has 1 saturated heterocycles. The molecule has 1 aliphatic rings. The van der Waals surface area contributed by atoms with E-state index in [-0.39, 0.29) is 23.9 Å². The van der Waals surface area contributed by atoms with Gasteiger partial charge in [-0.25, -0.2) is 14.0 Å². The third-order valence-corrected chi connectivity index (χ3v) is 5.06. The van der Waals surface area contributed by atoms with Gasteiger partial charge in [0.15, 0.2) is 5.78 Å². The number of rotatable bonds is 5. The van der Waals surface area contributed by atoms with Gasteiger partial charge >= 0.3 is 12.0 Å². The normalized spacial score (nSPS) is 16.0. The van der Waals surface area contributed by atoms with Crippen LogP contribution in [-0.4, -0.2) is 50.0 Å². The average Bonchev–Trinajstić information content (AvgIpc) is 2.78. The van der Waals surface area contributed by atoms with Crippen LogP contribution in [0.15, 0.2) is 42.5 Å². The molecule has 0 bridgehead atoms. The number of ether oxygens (including phenoxy) is 2. The number of hydrogen-bond donors (Lipinski definition) is 1. The number of benzene rings is 2. The van der Waals surface area contributed by atoms with Crippen molar-refractivity contribution in [2.75, 3.05) is 32.6 Å². The number of nitrogens with one attached hydrogen (secondary N) is 1. The fraction of sp³-hybridized carbons (Fsp3) is 0.318. The molecular weight excluding hydrogens is 391 g/mol. The smallest absolute Gasteiger partial charge is 0.337 e. The zero-order valence-electron chi connectivity index (χ0n) is 16.8. The number of ketones is 1. The molecule has 3 rings (SSSR count). The van der Waals surface area contributed by atoms with Crippen molar-refractivity contribution in [3.05, 3.63) is 59.4 Å². The SMILES string of the molecule is COC(=O)c1ccc(NC(=O)N2CCC[C@@H](C(=O)c3cc(F)ccc3OC)C2)cc1. The lowest BCUT2D eigenvalue weighted by molar-refractivity contribution is 0.0600. The predicted octanol–water partition coefficient (Wildman–Crippen LogP) is 3.75. The molecule has 8 heteroatoms. The maximum absolute atomic E-state index is 13.6. The summed E-state index contributed by atoms with van der Waals surface area (Å²) in [5.41, 5.74) is 1.08. The number of halogens is 1. The van der Waals surface area contributed by atoms with Gasteiger partial charge in [-0.1, -0.05) is 0 Å². The molecule has 0 unspecified atom stereocenters. The third kappa shape index (κ3) is 4.76. The van der Waals surface area contributed by atoms with Crippen molar-refractivity contribution in [1.29, 1.82) is 0 Å². The highest BCUT2D eigenvalue weighted by Crippen LogP contribution is 2.27. The largest absolute Gasteiger partial charge is 0.496 e. The maximum Gasteiger partial charge on any atom is 0.337 e. The number of carbonyl (C=O) groups is 3. The first kappa shape index (κ1) is 21.3. The molecule has 1 N–H and O–H groups in total. The maximum atomic E-state index is 13.6. The molecule has 1 heterocycles. The number of esters is 1. The Balaban J connectivity index is 1.67. The van der Waals surface area contributed by atoms with Gasteiger partial charge in [-0.3, -0.25) is 4.79 Å². The standard InChI is InChI=1S/C22H23FN2O5/c1-29-19-10-7-16(23)12-18(19)20(26)15-4-3-11-25(13-15)22(28)24-17-8-5-14(6-9-17)21(27)30-2/h5-10,12,15H,3-4,11,13H2,1-2H3,(H,24,28)/t15-/m1/s1. The first-order chi connectivity index (χ1) is 14.4. The molecule has 30 heavy (non-hydrogen) atoms. The Labute approximate surface area is 173 Å². The van der Waals surface area contributed by atoms with Crippen molar-refractivity contribution < 1.29 is 28.2 Å².